The number of esters is 1. The van der Waals surface area contributed by atoms with Crippen LogP contribution in [0.2, 0.25) is 0 Å². The normalized spacial score (nSPS) is 13.5. The largest absolute Gasteiger partial charge is 0.423 e. The van der Waals surface area contributed by atoms with Crippen LogP contribution in [-0.4, -0.2) is 20.2 Å². The highest BCUT2D eigenvalue weighted by Crippen LogP contribution is 2.35. The summed E-state index contributed by atoms with van der Waals surface area (Å²) in [4.78, 5) is 15.0. The first-order chi connectivity index (χ1) is 18.9. The summed E-state index contributed by atoms with van der Waals surface area (Å²) in [5, 5.41) is 1.95. The van der Waals surface area contributed by atoms with Gasteiger partial charge in [-0.25, -0.2) is 4.79 Å². The minimum Gasteiger partial charge on any atom is -0.423 e. The summed E-state index contributed by atoms with van der Waals surface area (Å²) in [6, 6.07) is 35.1. The maximum Gasteiger partial charge on any atom is 0.343 e. The third kappa shape index (κ3) is 4.69. The molecule has 0 spiro atoms. The molecule has 0 aromatic heterocycles. The van der Waals surface area contributed by atoms with Crippen molar-refractivity contribution in [1.29, 1.82) is 0 Å². The Bertz CT molecular complexity index is 1860. The number of nitrogens with zero attached hydrogens (tertiary/aromatic N) is 2. The fourth-order valence-corrected chi connectivity index (χ4v) is 5.96. The number of fused-ring (bicyclic) bond motifs is 2. The van der Waals surface area contributed by atoms with Gasteiger partial charge < -0.3 is 9.64 Å². The van der Waals surface area contributed by atoms with Crippen molar-refractivity contribution in [3.05, 3.63) is 138 Å². The summed E-state index contributed by atoms with van der Waals surface area (Å²) in [6.45, 7) is 2.17. The predicted molar refractivity (Wildman–Crippen MR) is 153 cm³/mol. The number of benzene rings is 5. The molecule has 0 radical (unpaired) electrons. The number of anilines is 1. The van der Waals surface area contributed by atoms with Gasteiger partial charge >= 0.3 is 5.97 Å². The lowest BCUT2D eigenvalue weighted by Crippen LogP contribution is -2.31. The highest BCUT2D eigenvalue weighted by Gasteiger charge is 2.33. The molecule has 0 N–H and O–H groups in total. The molecule has 6 rings (SSSR count). The van der Waals surface area contributed by atoms with Gasteiger partial charge in [-0.1, -0.05) is 84.4 Å². The Morgan fingerprint density at radius 1 is 0.795 bits per heavy atom. The molecule has 7 heteroatoms. The molecule has 6 nitrogen and oxygen atoms in total. The summed E-state index contributed by atoms with van der Waals surface area (Å²) < 4.78 is 36.1. The molecule has 0 aliphatic carbocycles. The maximum absolute atomic E-state index is 13.0. The van der Waals surface area contributed by atoms with Gasteiger partial charge in [0.15, 0.2) is 5.84 Å². The molecule has 0 fully saturated rings. The molecule has 5 aromatic rings. The molecular weight excluding hydrogens is 508 g/mol. The summed E-state index contributed by atoms with van der Waals surface area (Å²) in [5.74, 6) is 0.245. The first-order valence-corrected chi connectivity index (χ1v) is 13.9. The van der Waals surface area contributed by atoms with Gasteiger partial charge in [0.1, 0.15) is 10.6 Å². The first-order valence-electron chi connectivity index (χ1n) is 12.5. The lowest BCUT2D eigenvalue weighted by molar-refractivity contribution is 0.0733. The minimum absolute atomic E-state index is 0.171. The van der Waals surface area contributed by atoms with Crippen molar-refractivity contribution in [2.24, 2.45) is 4.40 Å². The quantitative estimate of drug-likeness (QED) is 0.190. The van der Waals surface area contributed by atoms with E-state index in [0.29, 0.717) is 28.3 Å². The number of hydrogen-bond donors (Lipinski definition) is 0. The SMILES string of the molecule is Cc1ccc(C(=O)Oc2ccccc2CN(C2=NS(=O)(=O)c3ccccc32)c2cccc3ccccc23)cc1. The number of aryl methyl sites for hydroxylation is 1. The standard InChI is InChI=1S/C32H24N2O4S/c1-22-17-19-24(20-18-22)32(35)38-29-15-6-3-10-25(29)21-34(28-14-8-11-23-9-2-4-12-26(23)28)31-27-13-5-7-16-30(27)39(36,37)33-31/h2-20H,21H2,1H3. The Hall–Kier alpha value is -4.75. The Kier molecular flexibility index (Phi) is 6.21. The zero-order chi connectivity index (χ0) is 27.0. The van der Waals surface area contributed by atoms with Crippen molar-refractivity contribution < 1.29 is 17.9 Å². The highest BCUT2D eigenvalue weighted by molar-refractivity contribution is 7.90. The Labute approximate surface area is 226 Å². The molecule has 1 aliphatic rings. The number of rotatable bonds is 5. The number of carbonyl (C=O) groups is 1. The molecule has 1 aliphatic heterocycles. The fraction of sp³-hybridized carbons (Fsp3) is 0.0625. The number of carbonyl (C=O) groups excluding carboxylic acids is 1. The molecule has 0 saturated carbocycles. The van der Waals surface area contributed by atoms with Crippen LogP contribution < -0.4 is 9.64 Å². The number of amidine groups is 1. The third-order valence-electron chi connectivity index (χ3n) is 6.72. The second-order valence-corrected chi connectivity index (χ2v) is 10.9. The average Bonchev–Trinajstić information content (AvgIpc) is 3.23. The Balaban J connectivity index is 1.46. The second-order valence-electron chi connectivity index (χ2n) is 9.33. The third-order valence-corrected chi connectivity index (χ3v) is 8.04. The molecule has 5 aromatic carbocycles. The van der Waals surface area contributed by atoms with Gasteiger partial charge in [0.25, 0.3) is 10.0 Å². The molecule has 0 amide bonds. The van der Waals surface area contributed by atoms with Crippen LogP contribution in [-0.2, 0) is 16.6 Å². The van der Waals surface area contributed by atoms with Gasteiger partial charge in [-0.2, -0.15) is 8.42 Å². The Morgan fingerprint density at radius 3 is 2.33 bits per heavy atom. The Morgan fingerprint density at radius 2 is 1.49 bits per heavy atom. The maximum atomic E-state index is 13.0. The average molecular weight is 533 g/mol. The first kappa shape index (κ1) is 24.6. The lowest BCUT2D eigenvalue weighted by atomic mass is 10.1. The van der Waals surface area contributed by atoms with Crippen LogP contribution in [0, 0.1) is 6.92 Å². The van der Waals surface area contributed by atoms with Gasteiger partial charge in [-0.3, -0.25) is 0 Å². The number of sulfonamides is 1. The highest BCUT2D eigenvalue weighted by atomic mass is 32.2. The smallest absolute Gasteiger partial charge is 0.343 e. The van der Waals surface area contributed by atoms with Crippen LogP contribution in [0.1, 0.15) is 27.0 Å². The minimum atomic E-state index is -3.86. The van der Waals surface area contributed by atoms with Gasteiger partial charge in [0.2, 0.25) is 0 Å². The van der Waals surface area contributed by atoms with E-state index < -0.39 is 16.0 Å². The van der Waals surface area contributed by atoms with E-state index in [0.717, 1.165) is 22.0 Å². The molecular formula is C32H24N2O4S. The van der Waals surface area contributed by atoms with Crippen molar-refractivity contribution in [3.8, 4) is 5.75 Å². The van der Waals surface area contributed by atoms with Gasteiger partial charge in [0.05, 0.1) is 17.8 Å². The summed E-state index contributed by atoms with van der Waals surface area (Å²) >= 11 is 0. The van der Waals surface area contributed by atoms with Crippen molar-refractivity contribution in [2.45, 2.75) is 18.4 Å². The van der Waals surface area contributed by atoms with E-state index in [1.54, 1.807) is 48.5 Å². The van der Waals surface area contributed by atoms with E-state index in [1.807, 2.05) is 78.6 Å². The number of para-hydroxylation sites is 1. The van der Waals surface area contributed by atoms with Gasteiger partial charge in [0, 0.05) is 16.5 Å². The van der Waals surface area contributed by atoms with E-state index in [-0.39, 0.29) is 11.4 Å². The topological polar surface area (TPSA) is 76.0 Å². The molecule has 39 heavy (non-hydrogen) atoms. The van der Waals surface area contributed by atoms with E-state index in [2.05, 4.69) is 4.40 Å². The molecule has 0 unspecified atom stereocenters. The fourth-order valence-electron chi connectivity index (χ4n) is 4.75. The molecule has 0 saturated heterocycles. The van der Waals surface area contributed by atoms with E-state index in [4.69, 9.17) is 4.74 Å². The summed E-state index contributed by atoms with van der Waals surface area (Å²) in [7, 11) is -3.86. The van der Waals surface area contributed by atoms with Crippen LogP contribution in [0.3, 0.4) is 0 Å². The van der Waals surface area contributed by atoms with Crippen LogP contribution >= 0.6 is 0 Å². The zero-order valence-electron chi connectivity index (χ0n) is 21.1. The van der Waals surface area contributed by atoms with Gasteiger partial charge in [-0.15, -0.1) is 4.40 Å². The van der Waals surface area contributed by atoms with Crippen molar-refractivity contribution in [2.75, 3.05) is 4.90 Å². The molecule has 192 valence electrons. The zero-order valence-corrected chi connectivity index (χ0v) is 21.9. The predicted octanol–water partition coefficient (Wildman–Crippen LogP) is 6.52. The van der Waals surface area contributed by atoms with Crippen LogP contribution in [0.4, 0.5) is 5.69 Å². The van der Waals surface area contributed by atoms with Crippen molar-refractivity contribution in [3.63, 3.8) is 0 Å². The molecule has 1 heterocycles. The van der Waals surface area contributed by atoms with Crippen molar-refractivity contribution >= 4 is 38.3 Å². The van der Waals surface area contributed by atoms with Crippen LogP contribution in [0.15, 0.2) is 125 Å². The molecule has 0 bridgehead atoms. The van der Waals surface area contributed by atoms with Crippen LogP contribution in [0.25, 0.3) is 10.8 Å². The van der Waals surface area contributed by atoms with E-state index >= 15 is 0 Å². The van der Waals surface area contributed by atoms with E-state index in [1.165, 1.54) is 0 Å². The number of hydrogen-bond acceptors (Lipinski definition) is 5. The molecule has 0 atom stereocenters. The number of ether oxygens (including phenoxy) is 1. The van der Waals surface area contributed by atoms with Crippen molar-refractivity contribution in [1.82, 2.24) is 0 Å². The van der Waals surface area contributed by atoms with Gasteiger partial charge in [-0.05, 0) is 48.7 Å². The van der Waals surface area contributed by atoms with Crippen LogP contribution in [0.5, 0.6) is 5.75 Å². The monoisotopic (exact) mass is 532 g/mol. The lowest BCUT2D eigenvalue weighted by Gasteiger charge is -2.27. The summed E-state index contributed by atoms with van der Waals surface area (Å²) in [5.41, 5.74) is 3.51. The second kappa shape index (κ2) is 9.85. The van der Waals surface area contributed by atoms with E-state index in [9.17, 15) is 13.2 Å². The summed E-state index contributed by atoms with van der Waals surface area (Å²) in [6.07, 6.45) is 0.